The Balaban J connectivity index is 0.00000116. The highest BCUT2D eigenvalue weighted by Crippen LogP contribution is 2.24. The van der Waals surface area contributed by atoms with Crippen molar-refractivity contribution in [1.29, 1.82) is 0 Å². The van der Waals surface area contributed by atoms with Crippen molar-refractivity contribution < 1.29 is 4.79 Å². The van der Waals surface area contributed by atoms with Crippen LogP contribution >= 0.6 is 0 Å². The minimum atomic E-state index is 0.223. The molecule has 0 radical (unpaired) electrons. The maximum absolute atomic E-state index is 11.3. The summed E-state index contributed by atoms with van der Waals surface area (Å²) in [4.78, 5) is 18.4. The van der Waals surface area contributed by atoms with Gasteiger partial charge in [-0.1, -0.05) is 27.7 Å². The van der Waals surface area contributed by atoms with Crippen LogP contribution in [0.2, 0.25) is 0 Å². The zero-order valence-corrected chi connectivity index (χ0v) is 15.5. The number of likely N-dealkylation sites (tertiary alicyclic amines) is 1. The maximum Gasteiger partial charge on any atom is 0.219 e. The van der Waals surface area contributed by atoms with E-state index in [1.165, 1.54) is 32.5 Å². The van der Waals surface area contributed by atoms with Crippen LogP contribution in [0.5, 0.6) is 0 Å². The Morgan fingerprint density at radius 1 is 0.909 bits per heavy atom. The summed E-state index contributed by atoms with van der Waals surface area (Å²) in [6, 6.07) is 0. The summed E-state index contributed by atoms with van der Waals surface area (Å²) < 4.78 is 0. The van der Waals surface area contributed by atoms with Gasteiger partial charge in [-0.3, -0.25) is 9.69 Å². The van der Waals surface area contributed by atoms with Gasteiger partial charge in [-0.25, -0.2) is 0 Å². The van der Waals surface area contributed by atoms with Crippen molar-refractivity contribution in [2.24, 2.45) is 11.8 Å². The van der Waals surface area contributed by atoms with E-state index in [-0.39, 0.29) is 5.91 Å². The van der Waals surface area contributed by atoms with Crippen LogP contribution in [0.15, 0.2) is 0 Å². The molecule has 2 saturated heterocycles. The van der Waals surface area contributed by atoms with Crippen molar-refractivity contribution in [2.75, 3.05) is 52.4 Å². The van der Waals surface area contributed by atoms with Crippen LogP contribution in [0.4, 0.5) is 0 Å². The molecular weight excluding hydrogens is 274 g/mol. The molecule has 1 amide bonds. The van der Waals surface area contributed by atoms with Crippen molar-refractivity contribution in [3.63, 3.8) is 0 Å². The van der Waals surface area contributed by atoms with Gasteiger partial charge in [0.25, 0.3) is 0 Å². The van der Waals surface area contributed by atoms with E-state index in [2.05, 4.69) is 23.6 Å². The SMILES string of the molecule is CC.CC(=O)N1CCN(CCN2CCC(C(C)C)CC2)CC1. The Labute approximate surface area is 137 Å². The second-order valence-corrected chi connectivity index (χ2v) is 6.77. The molecule has 4 heteroatoms. The molecule has 4 nitrogen and oxygen atoms in total. The second-order valence-electron chi connectivity index (χ2n) is 6.77. The van der Waals surface area contributed by atoms with E-state index in [0.717, 1.165) is 44.6 Å². The van der Waals surface area contributed by atoms with E-state index in [1.807, 2.05) is 18.7 Å². The van der Waals surface area contributed by atoms with Gasteiger partial charge in [0.1, 0.15) is 0 Å². The van der Waals surface area contributed by atoms with E-state index in [1.54, 1.807) is 6.92 Å². The lowest BCUT2D eigenvalue weighted by atomic mass is 9.87. The number of nitrogens with zero attached hydrogens (tertiary/aromatic N) is 3. The van der Waals surface area contributed by atoms with E-state index < -0.39 is 0 Å². The van der Waals surface area contributed by atoms with Crippen molar-refractivity contribution in [1.82, 2.24) is 14.7 Å². The third-order valence-corrected chi connectivity index (χ3v) is 5.13. The average Bonchev–Trinajstić information content (AvgIpc) is 2.55. The average molecular weight is 312 g/mol. The summed E-state index contributed by atoms with van der Waals surface area (Å²) in [6.45, 7) is 19.2. The molecule has 0 aromatic rings. The highest BCUT2D eigenvalue weighted by Gasteiger charge is 2.23. The predicted octanol–water partition coefficient (Wildman–Crippen LogP) is 2.54. The van der Waals surface area contributed by atoms with Crippen LogP contribution in [-0.4, -0.2) is 73.0 Å². The van der Waals surface area contributed by atoms with Crippen molar-refractivity contribution in [3.8, 4) is 0 Å². The first-order valence-electron chi connectivity index (χ1n) is 9.26. The predicted molar refractivity (Wildman–Crippen MR) is 94.0 cm³/mol. The third-order valence-electron chi connectivity index (χ3n) is 5.13. The fourth-order valence-corrected chi connectivity index (χ4v) is 3.41. The van der Waals surface area contributed by atoms with Gasteiger partial charge in [0, 0.05) is 46.2 Å². The molecule has 130 valence electrons. The summed E-state index contributed by atoms with van der Waals surface area (Å²) in [6.07, 6.45) is 2.74. The van der Waals surface area contributed by atoms with Crippen LogP contribution in [0.1, 0.15) is 47.5 Å². The van der Waals surface area contributed by atoms with Gasteiger partial charge in [0.15, 0.2) is 0 Å². The molecule has 0 atom stereocenters. The largest absolute Gasteiger partial charge is 0.340 e. The second kappa shape index (κ2) is 10.2. The molecule has 2 aliphatic rings. The number of carbonyl (C=O) groups is 1. The van der Waals surface area contributed by atoms with Gasteiger partial charge in [-0.05, 0) is 37.8 Å². The van der Waals surface area contributed by atoms with Crippen molar-refractivity contribution in [2.45, 2.75) is 47.5 Å². The van der Waals surface area contributed by atoms with Crippen molar-refractivity contribution >= 4 is 5.91 Å². The van der Waals surface area contributed by atoms with E-state index in [4.69, 9.17) is 0 Å². The van der Waals surface area contributed by atoms with Crippen LogP contribution in [0, 0.1) is 11.8 Å². The minimum Gasteiger partial charge on any atom is -0.340 e. The first-order chi connectivity index (χ1) is 10.6. The molecule has 0 unspecified atom stereocenters. The fraction of sp³-hybridized carbons (Fsp3) is 0.944. The van der Waals surface area contributed by atoms with Crippen LogP contribution in [-0.2, 0) is 4.79 Å². The highest BCUT2D eigenvalue weighted by atomic mass is 16.2. The normalized spacial score (nSPS) is 21.6. The molecule has 22 heavy (non-hydrogen) atoms. The van der Waals surface area contributed by atoms with Crippen LogP contribution in [0.3, 0.4) is 0 Å². The molecule has 2 fully saturated rings. The summed E-state index contributed by atoms with van der Waals surface area (Å²) in [5.41, 5.74) is 0. The number of hydrogen-bond acceptors (Lipinski definition) is 3. The fourth-order valence-electron chi connectivity index (χ4n) is 3.41. The third kappa shape index (κ3) is 6.25. The molecule has 0 bridgehead atoms. The molecule has 0 N–H and O–H groups in total. The molecule has 0 aromatic carbocycles. The van der Waals surface area contributed by atoms with E-state index in [9.17, 15) is 4.79 Å². The standard InChI is InChI=1S/C16H31N3O.C2H6/c1-14(2)16-4-6-17(7-5-16)8-9-18-10-12-19(13-11-18)15(3)20;1-2/h14,16H,4-13H2,1-3H3;1-2H3. The molecule has 0 aromatic heterocycles. The van der Waals surface area contributed by atoms with Gasteiger partial charge >= 0.3 is 0 Å². The monoisotopic (exact) mass is 311 g/mol. The number of rotatable bonds is 4. The Hall–Kier alpha value is -0.610. The van der Waals surface area contributed by atoms with Gasteiger partial charge in [-0.15, -0.1) is 0 Å². The molecular formula is C18H37N3O. The first-order valence-corrected chi connectivity index (χ1v) is 9.26. The first kappa shape index (κ1) is 19.4. The number of piperazine rings is 1. The zero-order chi connectivity index (χ0) is 16.5. The van der Waals surface area contributed by atoms with Gasteiger partial charge in [-0.2, -0.15) is 0 Å². The summed E-state index contributed by atoms with van der Waals surface area (Å²) >= 11 is 0. The number of hydrogen-bond donors (Lipinski definition) is 0. The highest BCUT2D eigenvalue weighted by molar-refractivity contribution is 5.73. The van der Waals surface area contributed by atoms with Gasteiger partial charge < -0.3 is 9.80 Å². The topological polar surface area (TPSA) is 26.8 Å². The number of carbonyl (C=O) groups excluding carboxylic acids is 1. The Bertz CT molecular complexity index is 303. The summed E-state index contributed by atoms with van der Waals surface area (Å²) in [5, 5.41) is 0. The van der Waals surface area contributed by atoms with Crippen LogP contribution in [0.25, 0.3) is 0 Å². The molecule has 2 rings (SSSR count). The minimum absolute atomic E-state index is 0.223. The smallest absolute Gasteiger partial charge is 0.219 e. The quantitative estimate of drug-likeness (QED) is 0.798. The Morgan fingerprint density at radius 2 is 1.36 bits per heavy atom. The molecule has 0 saturated carbocycles. The lowest BCUT2D eigenvalue weighted by Gasteiger charge is -2.37. The Morgan fingerprint density at radius 3 is 1.77 bits per heavy atom. The maximum atomic E-state index is 11.3. The molecule has 0 spiro atoms. The molecule has 2 aliphatic heterocycles. The molecule has 0 aliphatic carbocycles. The van der Waals surface area contributed by atoms with Crippen LogP contribution < -0.4 is 0 Å². The van der Waals surface area contributed by atoms with Gasteiger partial charge in [0.2, 0.25) is 5.91 Å². The Kier molecular flexibility index (Phi) is 9.03. The van der Waals surface area contributed by atoms with E-state index in [0.29, 0.717) is 0 Å². The summed E-state index contributed by atoms with van der Waals surface area (Å²) in [7, 11) is 0. The lowest BCUT2D eigenvalue weighted by Crippen LogP contribution is -2.50. The van der Waals surface area contributed by atoms with Gasteiger partial charge in [0.05, 0.1) is 0 Å². The molecule has 2 heterocycles. The number of piperidine rings is 1. The summed E-state index contributed by atoms with van der Waals surface area (Å²) in [5.74, 6) is 2.00. The van der Waals surface area contributed by atoms with E-state index >= 15 is 0 Å². The number of amides is 1. The van der Waals surface area contributed by atoms with Crippen molar-refractivity contribution in [3.05, 3.63) is 0 Å². The lowest BCUT2D eigenvalue weighted by molar-refractivity contribution is -0.130. The zero-order valence-electron chi connectivity index (χ0n) is 15.5.